The van der Waals surface area contributed by atoms with Gasteiger partial charge in [0, 0.05) is 36.3 Å². The van der Waals surface area contributed by atoms with Crippen molar-refractivity contribution in [3.05, 3.63) is 24.0 Å². The molecule has 1 saturated heterocycles. The summed E-state index contributed by atoms with van der Waals surface area (Å²) in [6, 6.07) is 3.84. The number of nitrogens with zero attached hydrogens (tertiary/aromatic N) is 4. The first-order valence-corrected chi connectivity index (χ1v) is 8.97. The van der Waals surface area contributed by atoms with Crippen LogP contribution in [0.15, 0.2) is 18.3 Å². The molecule has 2 aromatic rings. The van der Waals surface area contributed by atoms with E-state index in [1.165, 1.54) is 31.4 Å². The summed E-state index contributed by atoms with van der Waals surface area (Å²) in [5.41, 5.74) is 6.80. The maximum atomic E-state index is 13.9. The summed E-state index contributed by atoms with van der Waals surface area (Å²) in [7, 11) is 0. The van der Waals surface area contributed by atoms with Gasteiger partial charge in [-0.2, -0.15) is 10.1 Å². The third kappa shape index (κ3) is 3.44. The number of anilines is 3. The molecule has 0 spiro atoms. The summed E-state index contributed by atoms with van der Waals surface area (Å²) in [4.78, 5) is 10.6. The number of alkyl halides is 1. The molecule has 25 heavy (non-hydrogen) atoms. The van der Waals surface area contributed by atoms with Crippen molar-refractivity contribution in [2.24, 2.45) is 11.7 Å². The highest BCUT2D eigenvalue weighted by atomic mass is 19.1. The number of rotatable bonds is 5. The quantitative estimate of drug-likeness (QED) is 0.770. The topological polar surface area (TPSA) is 95.8 Å². The van der Waals surface area contributed by atoms with Gasteiger partial charge in [0.15, 0.2) is 5.82 Å². The molecule has 0 amide bonds. The molecule has 0 bridgehead atoms. The fourth-order valence-corrected chi connectivity index (χ4v) is 3.77. The maximum absolute atomic E-state index is 13.9. The molecular weight excluding hydrogens is 321 g/mol. The van der Waals surface area contributed by atoms with Gasteiger partial charge in [-0.25, -0.2) is 9.37 Å². The first-order chi connectivity index (χ1) is 12.2. The Balaban J connectivity index is 1.45. The lowest BCUT2D eigenvalue weighted by Crippen LogP contribution is -2.24. The van der Waals surface area contributed by atoms with E-state index in [1.807, 2.05) is 4.90 Å². The van der Waals surface area contributed by atoms with E-state index in [4.69, 9.17) is 5.73 Å². The number of halogens is 1. The van der Waals surface area contributed by atoms with Gasteiger partial charge in [-0.3, -0.25) is 5.10 Å². The van der Waals surface area contributed by atoms with Gasteiger partial charge in [0.05, 0.1) is 6.54 Å². The van der Waals surface area contributed by atoms with Gasteiger partial charge in [-0.15, -0.1) is 0 Å². The monoisotopic (exact) mass is 345 g/mol. The Morgan fingerprint density at radius 1 is 1.28 bits per heavy atom. The highest BCUT2D eigenvalue weighted by Crippen LogP contribution is 2.34. The Morgan fingerprint density at radius 3 is 2.88 bits per heavy atom. The third-order valence-corrected chi connectivity index (χ3v) is 5.24. The molecule has 3 heterocycles. The van der Waals surface area contributed by atoms with Crippen molar-refractivity contribution < 1.29 is 4.39 Å². The van der Waals surface area contributed by atoms with Gasteiger partial charge in [0.2, 0.25) is 5.95 Å². The summed E-state index contributed by atoms with van der Waals surface area (Å²) in [6.45, 7) is 1.18. The smallest absolute Gasteiger partial charge is 0.227 e. The van der Waals surface area contributed by atoms with E-state index in [1.54, 1.807) is 12.3 Å². The van der Waals surface area contributed by atoms with Crippen LogP contribution >= 0.6 is 0 Å². The molecule has 1 saturated carbocycles. The largest absolute Gasteiger partial charge is 0.337 e. The van der Waals surface area contributed by atoms with E-state index < -0.39 is 6.17 Å². The van der Waals surface area contributed by atoms with Crippen molar-refractivity contribution in [3.63, 3.8) is 0 Å². The standard InChI is InChI=1S/C17H24FN7/c18-13-10-25(9-12(13)8-19)17-20-6-5-15(22-17)21-16-7-14(23-24-16)11-3-1-2-4-11/h5-7,11-13H,1-4,8-10,19H2,(H2,20,21,22,23,24)/t12-,13+/m0/s1. The van der Waals surface area contributed by atoms with Crippen LogP contribution in [-0.2, 0) is 0 Å². The SMILES string of the molecule is NC[C@H]1CN(c2nccc(Nc3cc(C4CCCC4)[nH]n3)n2)C[C@H]1F. The van der Waals surface area contributed by atoms with Crippen LogP contribution in [0.25, 0.3) is 0 Å². The van der Waals surface area contributed by atoms with Crippen LogP contribution in [0.1, 0.15) is 37.3 Å². The Labute approximate surface area is 146 Å². The molecule has 8 heteroatoms. The zero-order valence-corrected chi connectivity index (χ0v) is 14.2. The fourth-order valence-electron chi connectivity index (χ4n) is 3.77. The molecule has 7 nitrogen and oxygen atoms in total. The molecule has 0 aromatic carbocycles. The summed E-state index contributed by atoms with van der Waals surface area (Å²) in [5.74, 6) is 2.36. The average molecular weight is 345 g/mol. The number of nitrogens with one attached hydrogen (secondary N) is 2. The van der Waals surface area contributed by atoms with Crippen LogP contribution in [0.5, 0.6) is 0 Å². The molecule has 134 valence electrons. The summed E-state index contributed by atoms with van der Waals surface area (Å²) < 4.78 is 13.9. The van der Waals surface area contributed by atoms with Crippen LogP contribution in [0.4, 0.5) is 22.0 Å². The van der Waals surface area contributed by atoms with Crippen LogP contribution in [0, 0.1) is 5.92 Å². The summed E-state index contributed by atoms with van der Waals surface area (Å²) in [5, 5.41) is 10.7. The predicted octanol–water partition coefficient (Wildman–Crippen LogP) is 2.33. The van der Waals surface area contributed by atoms with Crippen molar-refractivity contribution in [1.82, 2.24) is 20.2 Å². The van der Waals surface area contributed by atoms with E-state index in [9.17, 15) is 4.39 Å². The minimum atomic E-state index is -0.925. The lowest BCUT2D eigenvalue weighted by molar-refractivity contribution is 0.289. The van der Waals surface area contributed by atoms with Crippen molar-refractivity contribution >= 4 is 17.6 Å². The third-order valence-electron chi connectivity index (χ3n) is 5.24. The Kier molecular flexibility index (Phi) is 4.52. The number of aromatic amines is 1. The molecule has 1 aliphatic heterocycles. The first-order valence-electron chi connectivity index (χ1n) is 8.97. The molecule has 2 fully saturated rings. The number of nitrogens with two attached hydrogens (primary N) is 1. The van der Waals surface area contributed by atoms with Gasteiger partial charge in [0.1, 0.15) is 12.0 Å². The van der Waals surface area contributed by atoms with Crippen LogP contribution in [0.3, 0.4) is 0 Å². The molecule has 0 unspecified atom stereocenters. The van der Waals surface area contributed by atoms with Crippen molar-refractivity contribution in [3.8, 4) is 0 Å². The lowest BCUT2D eigenvalue weighted by Gasteiger charge is -2.16. The molecule has 1 aliphatic carbocycles. The van der Waals surface area contributed by atoms with E-state index in [2.05, 4.69) is 31.5 Å². The molecule has 2 aromatic heterocycles. The molecule has 2 aliphatic rings. The molecule has 2 atom stereocenters. The minimum Gasteiger partial charge on any atom is -0.337 e. The molecule has 0 radical (unpaired) electrons. The van der Waals surface area contributed by atoms with Crippen LogP contribution < -0.4 is 16.0 Å². The number of aromatic nitrogens is 4. The zero-order valence-electron chi connectivity index (χ0n) is 14.2. The second-order valence-electron chi connectivity index (χ2n) is 6.97. The van der Waals surface area contributed by atoms with Crippen molar-refractivity contribution in [2.75, 3.05) is 29.9 Å². The average Bonchev–Trinajstić information content (AvgIpc) is 3.35. The fraction of sp³-hybridized carbons (Fsp3) is 0.588. The second kappa shape index (κ2) is 6.95. The number of H-pyrrole nitrogens is 1. The van der Waals surface area contributed by atoms with Gasteiger partial charge in [0.25, 0.3) is 0 Å². The maximum Gasteiger partial charge on any atom is 0.227 e. The Morgan fingerprint density at radius 2 is 2.12 bits per heavy atom. The summed E-state index contributed by atoms with van der Waals surface area (Å²) >= 11 is 0. The van der Waals surface area contributed by atoms with Crippen LogP contribution in [-0.4, -0.2) is 46.0 Å². The van der Waals surface area contributed by atoms with E-state index >= 15 is 0 Å². The number of hydrogen-bond acceptors (Lipinski definition) is 6. The normalized spacial score (nSPS) is 24.2. The van der Waals surface area contributed by atoms with Crippen molar-refractivity contribution in [1.29, 1.82) is 0 Å². The Bertz CT molecular complexity index is 713. The second-order valence-corrected chi connectivity index (χ2v) is 6.97. The summed E-state index contributed by atoms with van der Waals surface area (Å²) in [6.07, 6.45) is 5.78. The molecular formula is C17H24FN7. The van der Waals surface area contributed by atoms with E-state index in [0.29, 0.717) is 37.3 Å². The van der Waals surface area contributed by atoms with E-state index in [0.717, 1.165) is 5.82 Å². The van der Waals surface area contributed by atoms with Gasteiger partial charge >= 0.3 is 0 Å². The van der Waals surface area contributed by atoms with Gasteiger partial charge < -0.3 is 16.0 Å². The minimum absolute atomic E-state index is 0.152. The lowest BCUT2D eigenvalue weighted by atomic mass is 10.0. The number of hydrogen-bond donors (Lipinski definition) is 3. The van der Waals surface area contributed by atoms with E-state index in [-0.39, 0.29) is 5.92 Å². The molecule has 4 rings (SSSR count). The zero-order chi connectivity index (χ0) is 17.2. The van der Waals surface area contributed by atoms with Crippen LogP contribution in [0.2, 0.25) is 0 Å². The highest BCUT2D eigenvalue weighted by Gasteiger charge is 2.33. The molecule has 4 N–H and O–H groups in total. The first kappa shape index (κ1) is 16.3. The predicted molar refractivity (Wildman–Crippen MR) is 94.8 cm³/mol. The van der Waals surface area contributed by atoms with Gasteiger partial charge in [-0.05, 0) is 25.5 Å². The van der Waals surface area contributed by atoms with Gasteiger partial charge in [-0.1, -0.05) is 12.8 Å². The van der Waals surface area contributed by atoms with Crippen molar-refractivity contribution in [2.45, 2.75) is 37.8 Å². The highest BCUT2D eigenvalue weighted by molar-refractivity contribution is 5.53. The Hall–Kier alpha value is -2.22.